The predicted molar refractivity (Wildman–Crippen MR) is 48.0 cm³/mol. The molecule has 0 aromatic heterocycles. The Morgan fingerprint density at radius 1 is 1.55 bits per heavy atom. The van der Waals surface area contributed by atoms with Crippen LogP contribution in [0.15, 0.2) is 11.6 Å². The van der Waals surface area contributed by atoms with Gasteiger partial charge in [-0.3, -0.25) is 0 Å². The summed E-state index contributed by atoms with van der Waals surface area (Å²) in [5.41, 5.74) is 7.26. The highest BCUT2D eigenvalue weighted by molar-refractivity contribution is 5.09. The van der Waals surface area contributed by atoms with Crippen LogP contribution in [-0.2, 0) is 0 Å². The van der Waals surface area contributed by atoms with Gasteiger partial charge < -0.3 is 5.73 Å². The Kier molecular flexibility index (Phi) is 3.19. The normalized spacial score (nSPS) is 24.4. The zero-order valence-corrected chi connectivity index (χ0v) is 6.84. The molecule has 0 unspecified atom stereocenters. The summed E-state index contributed by atoms with van der Waals surface area (Å²) in [5.74, 6) is 2.62. The van der Waals surface area contributed by atoms with Gasteiger partial charge >= 0.3 is 0 Å². The number of rotatable bonds is 1. The standard InChI is InChI=1S/C10H15N/c1-2-3-4-9-5-7-10(11)8-6-9/h1,4,10H,3,5-8,11H2. The molecule has 60 valence electrons. The Morgan fingerprint density at radius 2 is 2.18 bits per heavy atom. The van der Waals surface area contributed by atoms with Crippen molar-refractivity contribution in [2.45, 2.75) is 38.1 Å². The van der Waals surface area contributed by atoms with Gasteiger partial charge in [-0.15, -0.1) is 12.3 Å². The number of hydrogen-bond donors (Lipinski definition) is 1. The summed E-state index contributed by atoms with van der Waals surface area (Å²) in [5, 5.41) is 0. The van der Waals surface area contributed by atoms with Gasteiger partial charge in [0.25, 0.3) is 0 Å². The molecule has 0 saturated heterocycles. The van der Waals surface area contributed by atoms with Crippen LogP contribution in [0.4, 0.5) is 0 Å². The van der Waals surface area contributed by atoms with E-state index in [4.69, 9.17) is 12.2 Å². The Morgan fingerprint density at radius 3 is 2.73 bits per heavy atom. The summed E-state index contributed by atoms with van der Waals surface area (Å²) in [6.45, 7) is 0. The minimum Gasteiger partial charge on any atom is -0.328 e. The van der Waals surface area contributed by atoms with Crippen molar-refractivity contribution in [1.29, 1.82) is 0 Å². The smallest absolute Gasteiger partial charge is 0.0269 e. The fourth-order valence-electron chi connectivity index (χ4n) is 1.42. The van der Waals surface area contributed by atoms with Crippen molar-refractivity contribution in [2.24, 2.45) is 5.73 Å². The molecule has 0 spiro atoms. The predicted octanol–water partition coefficient (Wildman–Crippen LogP) is 1.84. The van der Waals surface area contributed by atoms with Gasteiger partial charge in [-0.2, -0.15) is 0 Å². The molecule has 0 heterocycles. The van der Waals surface area contributed by atoms with E-state index in [1.165, 1.54) is 5.57 Å². The average Bonchev–Trinajstić information content (AvgIpc) is 2.04. The maximum absolute atomic E-state index is 5.76. The zero-order valence-electron chi connectivity index (χ0n) is 6.84. The average molecular weight is 149 g/mol. The van der Waals surface area contributed by atoms with Gasteiger partial charge in [-0.25, -0.2) is 0 Å². The van der Waals surface area contributed by atoms with Gasteiger partial charge in [0.05, 0.1) is 0 Å². The van der Waals surface area contributed by atoms with E-state index in [0.29, 0.717) is 6.04 Å². The number of hydrogen-bond acceptors (Lipinski definition) is 1. The van der Waals surface area contributed by atoms with Crippen molar-refractivity contribution < 1.29 is 0 Å². The monoisotopic (exact) mass is 149 g/mol. The van der Waals surface area contributed by atoms with Crippen molar-refractivity contribution in [3.8, 4) is 12.3 Å². The van der Waals surface area contributed by atoms with Crippen LogP contribution < -0.4 is 5.73 Å². The van der Waals surface area contributed by atoms with Gasteiger partial charge in [-0.05, 0) is 25.7 Å². The number of allylic oxidation sites excluding steroid dienone is 2. The molecule has 0 aliphatic heterocycles. The summed E-state index contributed by atoms with van der Waals surface area (Å²) < 4.78 is 0. The molecule has 1 aliphatic rings. The van der Waals surface area contributed by atoms with Gasteiger partial charge in [0.2, 0.25) is 0 Å². The van der Waals surface area contributed by atoms with E-state index in [-0.39, 0.29) is 0 Å². The summed E-state index contributed by atoms with van der Waals surface area (Å²) in [4.78, 5) is 0. The van der Waals surface area contributed by atoms with Crippen LogP contribution in [0.5, 0.6) is 0 Å². The zero-order chi connectivity index (χ0) is 8.10. The topological polar surface area (TPSA) is 26.0 Å². The highest BCUT2D eigenvalue weighted by Crippen LogP contribution is 2.22. The van der Waals surface area contributed by atoms with Crippen LogP contribution in [0.1, 0.15) is 32.1 Å². The molecule has 1 fully saturated rings. The maximum atomic E-state index is 5.76. The highest BCUT2D eigenvalue weighted by atomic mass is 14.6. The van der Waals surface area contributed by atoms with Crippen molar-refractivity contribution in [3.05, 3.63) is 11.6 Å². The van der Waals surface area contributed by atoms with Crippen molar-refractivity contribution in [2.75, 3.05) is 0 Å². The summed E-state index contributed by atoms with van der Waals surface area (Å²) >= 11 is 0. The molecule has 1 aliphatic carbocycles. The van der Waals surface area contributed by atoms with Crippen LogP contribution in [-0.4, -0.2) is 6.04 Å². The van der Waals surface area contributed by atoms with E-state index in [2.05, 4.69) is 12.0 Å². The molecular formula is C10H15N. The molecule has 0 aromatic rings. The second kappa shape index (κ2) is 4.20. The highest BCUT2D eigenvalue weighted by Gasteiger charge is 2.11. The number of nitrogens with two attached hydrogens (primary N) is 1. The molecule has 1 nitrogen and oxygen atoms in total. The van der Waals surface area contributed by atoms with E-state index < -0.39 is 0 Å². The fraction of sp³-hybridized carbons (Fsp3) is 0.600. The lowest BCUT2D eigenvalue weighted by Gasteiger charge is -2.19. The van der Waals surface area contributed by atoms with Crippen molar-refractivity contribution >= 4 is 0 Å². The Hall–Kier alpha value is -0.740. The molecule has 1 rings (SSSR count). The first kappa shape index (κ1) is 8.36. The molecule has 0 aromatic carbocycles. The van der Waals surface area contributed by atoms with Crippen LogP contribution >= 0.6 is 0 Å². The first-order valence-electron chi connectivity index (χ1n) is 4.20. The number of terminal acetylenes is 1. The lowest BCUT2D eigenvalue weighted by molar-refractivity contribution is 0.511. The summed E-state index contributed by atoms with van der Waals surface area (Å²) in [6, 6.07) is 0.429. The molecule has 2 N–H and O–H groups in total. The van der Waals surface area contributed by atoms with Crippen LogP contribution in [0.25, 0.3) is 0 Å². The van der Waals surface area contributed by atoms with Crippen LogP contribution in [0.2, 0.25) is 0 Å². The fourth-order valence-corrected chi connectivity index (χ4v) is 1.42. The van der Waals surface area contributed by atoms with E-state index in [1.807, 2.05) is 0 Å². The van der Waals surface area contributed by atoms with Crippen LogP contribution in [0, 0.1) is 12.3 Å². The summed E-state index contributed by atoms with van der Waals surface area (Å²) in [6.07, 6.45) is 12.7. The molecule has 0 amide bonds. The second-order valence-corrected chi connectivity index (χ2v) is 3.11. The largest absolute Gasteiger partial charge is 0.328 e. The van der Waals surface area contributed by atoms with Gasteiger partial charge in [0.1, 0.15) is 0 Å². The minimum absolute atomic E-state index is 0.429. The van der Waals surface area contributed by atoms with E-state index in [0.717, 1.165) is 32.1 Å². The molecule has 0 bridgehead atoms. The van der Waals surface area contributed by atoms with Crippen molar-refractivity contribution in [3.63, 3.8) is 0 Å². The third-order valence-electron chi connectivity index (χ3n) is 2.18. The Labute approximate surface area is 68.7 Å². The maximum Gasteiger partial charge on any atom is 0.0269 e. The molecule has 0 atom stereocenters. The molecule has 1 saturated carbocycles. The second-order valence-electron chi connectivity index (χ2n) is 3.11. The molecule has 1 heteroatoms. The molecule has 11 heavy (non-hydrogen) atoms. The van der Waals surface area contributed by atoms with E-state index in [9.17, 15) is 0 Å². The SMILES string of the molecule is C#CCC=C1CCC(N)CC1. The van der Waals surface area contributed by atoms with Gasteiger partial charge in [0, 0.05) is 12.5 Å². The summed E-state index contributed by atoms with van der Waals surface area (Å²) in [7, 11) is 0. The van der Waals surface area contributed by atoms with Crippen molar-refractivity contribution in [1.82, 2.24) is 0 Å². The van der Waals surface area contributed by atoms with Gasteiger partial charge in [-0.1, -0.05) is 11.6 Å². The van der Waals surface area contributed by atoms with Gasteiger partial charge in [0.15, 0.2) is 0 Å². The quantitative estimate of drug-likeness (QED) is 0.447. The lowest BCUT2D eigenvalue weighted by atomic mass is 9.91. The Balaban J connectivity index is 2.34. The van der Waals surface area contributed by atoms with E-state index in [1.54, 1.807) is 0 Å². The Bertz CT molecular complexity index is 176. The molecule has 0 radical (unpaired) electrons. The first-order chi connectivity index (χ1) is 5.33. The lowest BCUT2D eigenvalue weighted by Crippen LogP contribution is -2.23. The van der Waals surface area contributed by atoms with Crippen LogP contribution in [0.3, 0.4) is 0 Å². The third-order valence-corrected chi connectivity index (χ3v) is 2.18. The molecular weight excluding hydrogens is 134 g/mol. The third kappa shape index (κ3) is 2.78. The first-order valence-corrected chi connectivity index (χ1v) is 4.20. The van der Waals surface area contributed by atoms with E-state index >= 15 is 0 Å². The minimum atomic E-state index is 0.429.